The topological polar surface area (TPSA) is 78.9 Å². The summed E-state index contributed by atoms with van der Waals surface area (Å²) in [7, 11) is 0. The van der Waals surface area contributed by atoms with Crippen LogP contribution in [0.25, 0.3) is 0 Å². The lowest BCUT2D eigenvalue weighted by molar-refractivity contribution is -0.123. The molecule has 2 aromatic carbocycles. The summed E-state index contributed by atoms with van der Waals surface area (Å²) < 4.78 is 32.5. The van der Waals surface area contributed by atoms with Crippen LogP contribution in [0.3, 0.4) is 0 Å². The van der Waals surface area contributed by atoms with Gasteiger partial charge in [-0.05, 0) is 67.6 Å². The van der Waals surface area contributed by atoms with Gasteiger partial charge in [0.05, 0.1) is 12.6 Å². The molecule has 1 aliphatic rings. The number of hydrogen-bond acceptors (Lipinski definition) is 5. The maximum atomic E-state index is 13.7. The van der Waals surface area contributed by atoms with Gasteiger partial charge < -0.3 is 15.2 Å². The van der Waals surface area contributed by atoms with Crippen molar-refractivity contribution in [3.05, 3.63) is 65.5 Å². The lowest BCUT2D eigenvalue weighted by atomic mass is 10.0. The van der Waals surface area contributed by atoms with E-state index in [0.29, 0.717) is 50.1 Å². The highest BCUT2D eigenvalue weighted by atomic mass is 19.1. The lowest BCUT2D eigenvalue weighted by Crippen LogP contribution is -2.46. The van der Waals surface area contributed by atoms with E-state index < -0.39 is 24.1 Å². The Morgan fingerprint density at radius 1 is 1.08 bits per heavy atom. The third-order valence-electron chi connectivity index (χ3n) is 6.61. The van der Waals surface area contributed by atoms with Gasteiger partial charge in [0.2, 0.25) is 5.91 Å². The minimum Gasteiger partial charge on any atom is -0.494 e. The van der Waals surface area contributed by atoms with Crippen molar-refractivity contribution in [2.75, 3.05) is 26.2 Å². The molecule has 202 valence electrons. The van der Waals surface area contributed by atoms with E-state index in [4.69, 9.17) is 4.74 Å². The third kappa shape index (κ3) is 9.52. The van der Waals surface area contributed by atoms with Crippen LogP contribution in [0.2, 0.25) is 0 Å². The van der Waals surface area contributed by atoms with Gasteiger partial charge in [-0.25, -0.2) is 8.78 Å². The highest BCUT2D eigenvalue weighted by Crippen LogP contribution is 2.23. The largest absolute Gasteiger partial charge is 0.494 e. The zero-order valence-corrected chi connectivity index (χ0v) is 21.5. The fourth-order valence-corrected chi connectivity index (χ4v) is 4.41. The number of carbonyl (C=O) groups is 2. The Hall–Kier alpha value is -2.84. The number of rotatable bonds is 15. The van der Waals surface area contributed by atoms with Crippen LogP contribution in [-0.4, -0.2) is 60.2 Å². The summed E-state index contributed by atoms with van der Waals surface area (Å²) >= 11 is 0. The first-order valence-electron chi connectivity index (χ1n) is 13.2. The Morgan fingerprint density at radius 3 is 2.43 bits per heavy atom. The first kappa shape index (κ1) is 28.7. The van der Waals surface area contributed by atoms with Crippen LogP contribution in [0.4, 0.5) is 8.78 Å². The third-order valence-corrected chi connectivity index (χ3v) is 6.61. The molecule has 0 unspecified atom stereocenters. The van der Waals surface area contributed by atoms with Crippen molar-refractivity contribution in [2.45, 2.75) is 70.2 Å². The molecule has 0 aromatic heterocycles. The summed E-state index contributed by atoms with van der Waals surface area (Å²) in [6.07, 6.45) is 2.08. The molecule has 3 atom stereocenters. The first-order valence-corrected chi connectivity index (χ1v) is 13.2. The van der Waals surface area contributed by atoms with E-state index in [9.17, 15) is 23.5 Å². The van der Waals surface area contributed by atoms with E-state index >= 15 is 0 Å². The number of nitrogens with one attached hydrogen (secondary N) is 1. The van der Waals surface area contributed by atoms with Crippen LogP contribution in [0.5, 0.6) is 5.75 Å². The summed E-state index contributed by atoms with van der Waals surface area (Å²) in [5.74, 6) is 0.0107. The predicted molar refractivity (Wildman–Crippen MR) is 139 cm³/mol. The summed E-state index contributed by atoms with van der Waals surface area (Å²) in [6, 6.07) is 12.0. The monoisotopic (exact) mass is 516 g/mol. The fraction of sp³-hybridized carbons (Fsp3) is 0.517. The Labute approximate surface area is 218 Å². The molecule has 0 bridgehead atoms. The molecule has 2 N–H and O–H groups in total. The number of nitrogens with zero attached hydrogens (tertiary/aromatic N) is 1. The van der Waals surface area contributed by atoms with Gasteiger partial charge in [0.1, 0.15) is 23.8 Å². The Bertz CT molecular complexity index is 984. The number of Topliss-reactive ketones (excluding diaryl/α,β-unsaturated/α-hetero) is 1. The van der Waals surface area contributed by atoms with E-state index in [2.05, 4.69) is 12.2 Å². The van der Waals surface area contributed by atoms with Gasteiger partial charge in [-0.3, -0.25) is 14.5 Å². The Balaban J connectivity index is 1.52. The standard InChI is InChI=1S/C29H38F2N2O4/c1-2-3-18-37-25-14-10-22(11-15-25)29(36)26(20-33-17-16-24(31)19-33)32-28(35)7-5-4-6-27(34)21-8-12-23(30)13-9-21/h8-15,24,26,29,36H,2-7,16-20H2,1H3,(H,32,35)/t24-,26+,29+/m0/s1. The minimum absolute atomic E-state index is 0.0920. The summed E-state index contributed by atoms with van der Waals surface area (Å²) in [5, 5.41) is 14.0. The number of likely N-dealkylation sites (tertiary alicyclic amines) is 1. The average Bonchev–Trinajstić information content (AvgIpc) is 3.31. The van der Waals surface area contributed by atoms with E-state index in [-0.39, 0.29) is 31.1 Å². The molecule has 1 amide bonds. The lowest BCUT2D eigenvalue weighted by Gasteiger charge is -2.29. The number of amides is 1. The van der Waals surface area contributed by atoms with Crippen molar-refractivity contribution in [2.24, 2.45) is 0 Å². The smallest absolute Gasteiger partial charge is 0.220 e. The first-order chi connectivity index (χ1) is 17.9. The van der Waals surface area contributed by atoms with Crippen molar-refractivity contribution >= 4 is 11.7 Å². The number of halogens is 2. The molecule has 0 spiro atoms. The molecule has 37 heavy (non-hydrogen) atoms. The van der Waals surface area contributed by atoms with Crippen molar-refractivity contribution in [1.82, 2.24) is 10.2 Å². The fourth-order valence-electron chi connectivity index (χ4n) is 4.41. The number of aliphatic hydroxyl groups excluding tert-OH is 1. The van der Waals surface area contributed by atoms with Gasteiger partial charge in [0.25, 0.3) is 0 Å². The molecule has 0 saturated carbocycles. The predicted octanol–water partition coefficient (Wildman–Crippen LogP) is 5.01. The number of alkyl halides is 1. The van der Waals surface area contributed by atoms with Crippen LogP contribution in [-0.2, 0) is 4.79 Å². The van der Waals surface area contributed by atoms with Crippen molar-refractivity contribution in [3.63, 3.8) is 0 Å². The number of ether oxygens (including phenoxy) is 1. The van der Waals surface area contributed by atoms with Gasteiger partial charge in [-0.15, -0.1) is 0 Å². The van der Waals surface area contributed by atoms with Crippen LogP contribution >= 0.6 is 0 Å². The Kier molecular flexibility index (Phi) is 11.5. The highest BCUT2D eigenvalue weighted by molar-refractivity contribution is 5.95. The second-order valence-corrected chi connectivity index (χ2v) is 9.67. The van der Waals surface area contributed by atoms with Crippen molar-refractivity contribution in [1.29, 1.82) is 0 Å². The quantitative estimate of drug-likeness (QED) is 0.257. The number of benzene rings is 2. The van der Waals surface area contributed by atoms with E-state index in [1.54, 1.807) is 24.3 Å². The molecule has 1 heterocycles. The molecule has 1 fully saturated rings. The summed E-state index contributed by atoms with van der Waals surface area (Å²) in [6.45, 7) is 3.93. The van der Waals surface area contributed by atoms with E-state index in [0.717, 1.165) is 18.6 Å². The van der Waals surface area contributed by atoms with Gasteiger partial charge in [-0.1, -0.05) is 25.5 Å². The van der Waals surface area contributed by atoms with Crippen LogP contribution in [0.15, 0.2) is 48.5 Å². The Morgan fingerprint density at radius 2 is 1.78 bits per heavy atom. The van der Waals surface area contributed by atoms with Crippen molar-refractivity contribution < 1.29 is 28.2 Å². The number of hydrogen-bond donors (Lipinski definition) is 2. The molecule has 0 aliphatic carbocycles. The molecule has 2 aromatic rings. The van der Waals surface area contributed by atoms with E-state index in [1.807, 2.05) is 4.90 Å². The SMILES string of the molecule is CCCCOc1ccc([C@@H](O)[C@@H](CN2CC[C@H](F)C2)NC(=O)CCCCC(=O)c2ccc(F)cc2)cc1. The number of carbonyl (C=O) groups excluding carboxylic acids is 2. The molecule has 1 aliphatic heterocycles. The van der Waals surface area contributed by atoms with Gasteiger partial charge in [-0.2, -0.15) is 0 Å². The number of aliphatic hydroxyl groups is 1. The number of ketones is 1. The summed E-state index contributed by atoms with van der Waals surface area (Å²) in [4.78, 5) is 26.9. The van der Waals surface area contributed by atoms with Crippen LogP contribution in [0, 0.1) is 5.82 Å². The maximum Gasteiger partial charge on any atom is 0.220 e. The molecule has 6 nitrogen and oxygen atoms in total. The normalized spacial score (nSPS) is 17.4. The molecule has 1 saturated heterocycles. The number of unbranched alkanes of at least 4 members (excludes halogenated alkanes) is 2. The zero-order valence-electron chi connectivity index (χ0n) is 21.5. The van der Waals surface area contributed by atoms with Gasteiger partial charge in [0, 0.05) is 38.0 Å². The molecular formula is C29H38F2N2O4. The van der Waals surface area contributed by atoms with Crippen LogP contribution in [0.1, 0.15) is 73.9 Å². The average molecular weight is 517 g/mol. The van der Waals surface area contributed by atoms with Gasteiger partial charge >= 0.3 is 0 Å². The maximum absolute atomic E-state index is 13.7. The minimum atomic E-state index is -0.965. The molecule has 8 heteroatoms. The van der Waals surface area contributed by atoms with Crippen molar-refractivity contribution in [3.8, 4) is 5.75 Å². The van der Waals surface area contributed by atoms with E-state index in [1.165, 1.54) is 24.3 Å². The highest BCUT2D eigenvalue weighted by Gasteiger charge is 2.29. The van der Waals surface area contributed by atoms with Crippen LogP contribution < -0.4 is 10.1 Å². The van der Waals surface area contributed by atoms with Gasteiger partial charge in [0.15, 0.2) is 5.78 Å². The molecule has 0 radical (unpaired) electrons. The zero-order chi connectivity index (χ0) is 26.6. The summed E-state index contributed by atoms with van der Waals surface area (Å²) in [5.41, 5.74) is 1.10. The molecular weight excluding hydrogens is 478 g/mol. The molecule has 3 rings (SSSR count). The second kappa shape index (κ2) is 14.8. The second-order valence-electron chi connectivity index (χ2n) is 9.67.